The van der Waals surface area contributed by atoms with Gasteiger partial charge in [-0.15, -0.1) is 0 Å². The molecule has 206 valence electrons. The van der Waals surface area contributed by atoms with E-state index in [0.717, 1.165) is 48.8 Å². The average molecular weight is 528 g/mol. The highest BCUT2D eigenvalue weighted by atomic mass is 16.7. The third kappa shape index (κ3) is 5.04. The Kier molecular flexibility index (Phi) is 7.33. The summed E-state index contributed by atoms with van der Waals surface area (Å²) in [5, 5.41) is 0. The molecule has 5 heteroatoms. The van der Waals surface area contributed by atoms with E-state index in [1.54, 1.807) is 7.11 Å². The first-order valence-corrected chi connectivity index (χ1v) is 14.6. The number of allylic oxidation sites excluding steroid dienone is 3. The van der Waals surface area contributed by atoms with Crippen molar-refractivity contribution < 1.29 is 18.9 Å². The van der Waals surface area contributed by atoms with Gasteiger partial charge >= 0.3 is 0 Å². The van der Waals surface area contributed by atoms with Gasteiger partial charge in [0.05, 0.1) is 13.2 Å². The molecule has 0 aromatic heterocycles. The largest absolute Gasteiger partial charge is 0.493 e. The molecule has 1 aliphatic carbocycles. The molecule has 0 radical (unpaired) electrons. The van der Waals surface area contributed by atoms with E-state index >= 15 is 0 Å². The number of fused-ring (bicyclic) bond motifs is 5. The quantitative estimate of drug-likeness (QED) is 0.324. The summed E-state index contributed by atoms with van der Waals surface area (Å²) in [5.41, 5.74) is 9.17. The zero-order valence-electron chi connectivity index (χ0n) is 23.8. The van der Waals surface area contributed by atoms with Crippen LogP contribution in [-0.2, 0) is 6.42 Å². The van der Waals surface area contributed by atoms with Crippen molar-refractivity contribution in [3.63, 3.8) is 0 Å². The Morgan fingerprint density at radius 3 is 2.62 bits per heavy atom. The fourth-order valence-electron chi connectivity index (χ4n) is 6.75. The normalized spacial score (nSPS) is 19.7. The van der Waals surface area contributed by atoms with E-state index in [2.05, 4.69) is 68.2 Å². The smallest absolute Gasteiger partial charge is 0.231 e. The molecule has 3 heterocycles. The maximum Gasteiger partial charge on any atom is 0.231 e. The van der Waals surface area contributed by atoms with Crippen molar-refractivity contribution in [2.24, 2.45) is 5.92 Å². The standard InChI is InChI=1S/C34H41NO4/c1-22(2)8-7-9-23(3)15-17-37-34-29(36-4)13-12-26-18-28-27-20-31-30(38-21-39-31)19-25(27)14-16-35(28)33(32(26)34)24-10-5-6-11-24/h8,12-13,15,18-20,24,33H,5-7,9-11,14,16-17,21H2,1-4H3/b23-15+. The minimum absolute atomic E-state index is 0.272. The van der Waals surface area contributed by atoms with Crippen molar-refractivity contribution in [1.82, 2.24) is 4.90 Å². The van der Waals surface area contributed by atoms with Crippen LogP contribution >= 0.6 is 0 Å². The fraction of sp³-hybridized carbons (Fsp3) is 0.471. The maximum atomic E-state index is 6.61. The summed E-state index contributed by atoms with van der Waals surface area (Å²) in [6.45, 7) is 8.35. The van der Waals surface area contributed by atoms with Crippen LogP contribution in [0.5, 0.6) is 23.0 Å². The highest BCUT2D eigenvalue weighted by molar-refractivity contribution is 5.88. The van der Waals surface area contributed by atoms with Crippen molar-refractivity contribution in [2.75, 3.05) is 27.1 Å². The highest BCUT2D eigenvalue weighted by Crippen LogP contribution is 2.54. The molecule has 2 aromatic rings. The van der Waals surface area contributed by atoms with Crippen LogP contribution in [0.4, 0.5) is 0 Å². The third-order valence-electron chi connectivity index (χ3n) is 8.74. The van der Waals surface area contributed by atoms with Gasteiger partial charge in [0.1, 0.15) is 6.61 Å². The van der Waals surface area contributed by atoms with Crippen LogP contribution in [0.25, 0.3) is 11.8 Å². The van der Waals surface area contributed by atoms with Gasteiger partial charge < -0.3 is 23.8 Å². The molecule has 0 amide bonds. The first kappa shape index (κ1) is 25.9. The molecule has 4 aliphatic rings. The molecular weight excluding hydrogens is 486 g/mol. The van der Waals surface area contributed by atoms with Gasteiger partial charge in [0.25, 0.3) is 0 Å². The van der Waals surface area contributed by atoms with Crippen LogP contribution < -0.4 is 18.9 Å². The van der Waals surface area contributed by atoms with Crippen molar-refractivity contribution in [2.45, 2.75) is 71.8 Å². The van der Waals surface area contributed by atoms with Gasteiger partial charge in [-0.2, -0.15) is 0 Å². The molecule has 1 unspecified atom stereocenters. The van der Waals surface area contributed by atoms with E-state index in [1.165, 1.54) is 64.8 Å². The van der Waals surface area contributed by atoms with Crippen molar-refractivity contribution in [3.05, 3.63) is 69.8 Å². The Hall–Kier alpha value is -3.34. The number of methoxy groups -OCH3 is 1. The Balaban J connectivity index is 1.38. The van der Waals surface area contributed by atoms with E-state index in [-0.39, 0.29) is 6.04 Å². The molecule has 6 rings (SSSR count). The second-order valence-electron chi connectivity index (χ2n) is 11.6. The lowest BCUT2D eigenvalue weighted by Crippen LogP contribution is -2.38. The molecule has 1 saturated carbocycles. The van der Waals surface area contributed by atoms with Gasteiger partial charge in [0.15, 0.2) is 23.0 Å². The lowest BCUT2D eigenvalue weighted by molar-refractivity contribution is 0.174. The predicted molar refractivity (Wildman–Crippen MR) is 156 cm³/mol. The maximum absolute atomic E-state index is 6.61. The van der Waals surface area contributed by atoms with Gasteiger partial charge in [-0.05, 0) is 100 Å². The topological polar surface area (TPSA) is 40.2 Å². The number of nitrogens with zero attached hydrogens (tertiary/aromatic N) is 1. The van der Waals surface area contributed by atoms with E-state index in [4.69, 9.17) is 18.9 Å². The molecule has 39 heavy (non-hydrogen) atoms. The highest BCUT2D eigenvalue weighted by Gasteiger charge is 2.41. The van der Waals surface area contributed by atoms with E-state index in [0.29, 0.717) is 19.3 Å². The fourth-order valence-corrected chi connectivity index (χ4v) is 6.75. The SMILES string of the molecule is COc1ccc2c(c1OC/C=C(\C)CCC=C(C)C)C(C1CCCC1)N1CCc3cc4c(cc3C1=C2)OCO4. The zero-order chi connectivity index (χ0) is 26.9. The molecule has 0 saturated heterocycles. The number of benzene rings is 2. The van der Waals surface area contributed by atoms with Crippen molar-refractivity contribution >= 4 is 11.8 Å². The molecular formula is C34H41NO4. The average Bonchev–Trinajstić information content (AvgIpc) is 3.62. The van der Waals surface area contributed by atoms with Crippen LogP contribution in [0.3, 0.4) is 0 Å². The third-order valence-corrected chi connectivity index (χ3v) is 8.74. The summed E-state index contributed by atoms with van der Waals surface area (Å²) >= 11 is 0. The molecule has 0 spiro atoms. The molecule has 3 aliphatic heterocycles. The summed E-state index contributed by atoms with van der Waals surface area (Å²) in [7, 11) is 1.75. The number of rotatable bonds is 8. The van der Waals surface area contributed by atoms with Gasteiger partial charge in [-0.3, -0.25) is 0 Å². The van der Waals surface area contributed by atoms with Crippen molar-refractivity contribution in [1.29, 1.82) is 0 Å². The van der Waals surface area contributed by atoms with Crippen LogP contribution in [0, 0.1) is 5.92 Å². The zero-order valence-corrected chi connectivity index (χ0v) is 23.8. The minimum atomic E-state index is 0.272. The summed E-state index contributed by atoms with van der Waals surface area (Å²) in [6, 6.07) is 8.94. The van der Waals surface area contributed by atoms with Gasteiger partial charge in [-0.1, -0.05) is 36.1 Å². The van der Waals surface area contributed by atoms with E-state index < -0.39 is 0 Å². The first-order chi connectivity index (χ1) is 19.0. The molecule has 2 aromatic carbocycles. The van der Waals surface area contributed by atoms with Crippen molar-refractivity contribution in [3.8, 4) is 23.0 Å². The summed E-state index contributed by atoms with van der Waals surface area (Å²) < 4.78 is 24.0. The molecule has 5 nitrogen and oxygen atoms in total. The van der Waals surface area contributed by atoms with Crippen LogP contribution in [0.1, 0.15) is 87.6 Å². The number of hydrogen-bond donors (Lipinski definition) is 0. The van der Waals surface area contributed by atoms with Gasteiger partial charge in [0.2, 0.25) is 6.79 Å². The number of ether oxygens (including phenoxy) is 4. The number of hydrogen-bond acceptors (Lipinski definition) is 5. The van der Waals surface area contributed by atoms with Crippen LogP contribution in [0.2, 0.25) is 0 Å². The molecule has 0 N–H and O–H groups in total. The Bertz CT molecular complexity index is 1330. The van der Waals surface area contributed by atoms with Gasteiger partial charge in [0, 0.05) is 23.4 Å². The van der Waals surface area contributed by atoms with Crippen LogP contribution in [0.15, 0.2) is 47.6 Å². The van der Waals surface area contributed by atoms with E-state index in [1.807, 2.05) is 0 Å². The van der Waals surface area contributed by atoms with Crippen LogP contribution in [-0.4, -0.2) is 32.0 Å². The van der Waals surface area contributed by atoms with Gasteiger partial charge in [-0.25, -0.2) is 0 Å². The summed E-state index contributed by atoms with van der Waals surface area (Å²) in [5.74, 6) is 4.05. The minimum Gasteiger partial charge on any atom is -0.493 e. The first-order valence-electron chi connectivity index (χ1n) is 14.6. The Morgan fingerprint density at radius 2 is 1.85 bits per heavy atom. The molecule has 1 atom stereocenters. The monoisotopic (exact) mass is 527 g/mol. The summed E-state index contributed by atoms with van der Waals surface area (Å²) in [4.78, 5) is 2.65. The predicted octanol–water partition coefficient (Wildman–Crippen LogP) is 8.10. The summed E-state index contributed by atoms with van der Waals surface area (Å²) in [6.07, 6.45) is 15.1. The molecule has 1 fully saturated rings. The Morgan fingerprint density at radius 1 is 1.05 bits per heavy atom. The second-order valence-corrected chi connectivity index (χ2v) is 11.6. The second kappa shape index (κ2) is 11.0. The lowest BCUT2D eigenvalue weighted by Gasteiger charge is -2.46. The Labute approximate surface area is 233 Å². The lowest BCUT2D eigenvalue weighted by atomic mass is 9.80. The molecule has 0 bridgehead atoms. The van der Waals surface area contributed by atoms with E-state index in [9.17, 15) is 0 Å².